The number of nitrogens with zero attached hydrogens (tertiary/aromatic N) is 5. The number of aromatic nitrogens is 4. The smallest absolute Gasteiger partial charge is 0.170 e. The zero-order chi connectivity index (χ0) is 12.4. The summed E-state index contributed by atoms with van der Waals surface area (Å²) in [4.78, 5) is 2.29. The number of rotatable bonds is 3. The normalized spacial score (nSPS) is 20.4. The van der Waals surface area contributed by atoms with Crippen molar-refractivity contribution in [3.63, 3.8) is 0 Å². The van der Waals surface area contributed by atoms with E-state index in [1.165, 1.54) is 0 Å². The van der Waals surface area contributed by atoms with E-state index >= 15 is 0 Å². The fourth-order valence-corrected chi connectivity index (χ4v) is 2.28. The lowest BCUT2D eigenvalue weighted by atomic mass is 10.3. The van der Waals surface area contributed by atoms with Crippen LogP contribution in [0, 0.1) is 0 Å². The highest BCUT2D eigenvalue weighted by Gasteiger charge is 2.21. The molecule has 0 aliphatic carbocycles. The number of hydrogen-bond acceptors (Lipinski definition) is 5. The number of nitrogens with two attached hydrogens (primary N) is 1. The summed E-state index contributed by atoms with van der Waals surface area (Å²) in [7, 11) is 0. The number of likely N-dealkylation sites (tertiary alicyclic amines) is 1. The summed E-state index contributed by atoms with van der Waals surface area (Å²) in [6.07, 6.45) is 1.05. The van der Waals surface area contributed by atoms with Gasteiger partial charge in [0, 0.05) is 19.1 Å². The summed E-state index contributed by atoms with van der Waals surface area (Å²) in [6, 6.07) is 10.2. The molecule has 0 spiro atoms. The summed E-state index contributed by atoms with van der Waals surface area (Å²) < 4.78 is 1.78. The van der Waals surface area contributed by atoms with Gasteiger partial charge in [-0.05, 0) is 29.0 Å². The third kappa shape index (κ3) is 2.25. The Bertz CT molecular complexity index is 508. The largest absolute Gasteiger partial charge is 0.326 e. The Balaban J connectivity index is 1.80. The average molecular weight is 244 g/mol. The Hall–Kier alpha value is -1.79. The summed E-state index contributed by atoms with van der Waals surface area (Å²) in [6.45, 7) is 2.68. The zero-order valence-electron chi connectivity index (χ0n) is 10.1. The molecule has 0 amide bonds. The standard InChI is InChI=1S/C12H16N6/c13-10-6-7-17(8-10)9-12-14-15-16-18(12)11-4-2-1-3-5-11/h1-5,10H,6-9,13H2/t10-/m0/s1. The van der Waals surface area contributed by atoms with E-state index in [2.05, 4.69) is 20.4 Å². The molecule has 0 bridgehead atoms. The number of benzene rings is 1. The minimum absolute atomic E-state index is 0.283. The van der Waals surface area contributed by atoms with Crippen molar-refractivity contribution in [3.05, 3.63) is 36.2 Å². The molecule has 94 valence electrons. The third-order valence-electron chi connectivity index (χ3n) is 3.21. The number of hydrogen-bond donors (Lipinski definition) is 1. The molecule has 1 aliphatic heterocycles. The van der Waals surface area contributed by atoms with Crippen LogP contribution in [0.15, 0.2) is 30.3 Å². The second-order valence-electron chi connectivity index (χ2n) is 4.63. The Kier molecular flexibility index (Phi) is 3.04. The van der Waals surface area contributed by atoms with Gasteiger partial charge in [0.25, 0.3) is 0 Å². The van der Waals surface area contributed by atoms with Crippen LogP contribution in [0.4, 0.5) is 0 Å². The van der Waals surface area contributed by atoms with E-state index in [1.54, 1.807) is 4.68 Å². The predicted molar refractivity (Wildman–Crippen MR) is 67.0 cm³/mol. The Morgan fingerprint density at radius 3 is 2.83 bits per heavy atom. The second kappa shape index (κ2) is 4.83. The molecule has 1 saturated heterocycles. The molecule has 0 radical (unpaired) electrons. The predicted octanol–water partition coefficient (Wildman–Crippen LogP) is 0.195. The number of tetrazole rings is 1. The molecular weight excluding hydrogens is 228 g/mol. The van der Waals surface area contributed by atoms with Gasteiger partial charge >= 0.3 is 0 Å². The maximum absolute atomic E-state index is 5.90. The van der Waals surface area contributed by atoms with Gasteiger partial charge in [-0.15, -0.1) is 5.10 Å². The van der Waals surface area contributed by atoms with Crippen molar-refractivity contribution in [2.24, 2.45) is 5.73 Å². The molecule has 2 heterocycles. The number of para-hydroxylation sites is 1. The summed E-state index contributed by atoms with van der Waals surface area (Å²) >= 11 is 0. The van der Waals surface area contributed by atoms with E-state index in [4.69, 9.17) is 5.73 Å². The van der Waals surface area contributed by atoms with E-state index in [1.807, 2.05) is 30.3 Å². The summed E-state index contributed by atoms with van der Waals surface area (Å²) in [5.41, 5.74) is 6.89. The molecule has 6 nitrogen and oxygen atoms in total. The van der Waals surface area contributed by atoms with Gasteiger partial charge in [0.15, 0.2) is 5.82 Å². The van der Waals surface area contributed by atoms with Gasteiger partial charge in [0.05, 0.1) is 12.2 Å². The van der Waals surface area contributed by atoms with Crippen LogP contribution in [0.3, 0.4) is 0 Å². The average Bonchev–Trinajstić information content (AvgIpc) is 3.00. The second-order valence-corrected chi connectivity index (χ2v) is 4.63. The van der Waals surface area contributed by atoms with Gasteiger partial charge in [-0.3, -0.25) is 4.90 Å². The zero-order valence-corrected chi connectivity index (χ0v) is 10.1. The first kappa shape index (κ1) is 11.3. The first-order valence-electron chi connectivity index (χ1n) is 6.13. The molecule has 1 aliphatic rings. The molecule has 1 aromatic heterocycles. The van der Waals surface area contributed by atoms with Crippen molar-refractivity contribution in [2.45, 2.75) is 19.0 Å². The summed E-state index contributed by atoms with van der Waals surface area (Å²) in [5.74, 6) is 0.857. The first-order chi connectivity index (χ1) is 8.83. The van der Waals surface area contributed by atoms with Gasteiger partial charge in [-0.1, -0.05) is 18.2 Å². The van der Waals surface area contributed by atoms with Gasteiger partial charge in [-0.2, -0.15) is 4.68 Å². The van der Waals surface area contributed by atoms with Crippen LogP contribution in [-0.2, 0) is 6.54 Å². The van der Waals surface area contributed by atoms with Crippen LogP contribution in [0.25, 0.3) is 5.69 Å². The molecule has 0 unspecified atom stereocenters. The minimum atomic E-state index is 0.283. The quantitative estimate of drug-likeness (QED) is 0.834. The van der Waals surface area contributed by atoms with Gasteiger partial charge in [0.2, 0.25) is 0 Å². The van der Waals surface area contributed by atoms with Crippen molar-refractivity contribution in [1.29, 1.82) is 0 Å². The maximum atomic E-state index is 5.90. The topological polar surface area (TPSA) is 72.9 Å². The van der Waals surface area contributed by atoms with Crippen LogP contribution in [0.5, 0.6) is 0 Å². The highest BCUT2D eigenvalue weighted by Crippen LogP contribution is 2.13. The molecule has 1 atom stereocenters. The van der Waals surface area contributed by atoms with Gasteiger partial charge in [0.1, 0.15) is 0 Å². The van der Waals surface area contributed by atoms with E-state index in [-0.39, 0.29) is 6.04 Å². The van der Waals surface area contributed by atoms with Crippen LogP contribution in [-0.4, -0.2) is 44.2 Å². The van der Waals surface area contributed by atoms with Gasteiger partial charge < -0.3 is 5.73 Å². The van der Waals surface area contributed by atoms with E-state index in [9.17, 15) is 0 Å². The van der Waals surface area contributed by atoms with Crippen molar-refractivity contribution in [3.8, 4) is 5.69 Å². The molecule has 2 aromatic rings. The van der Waals surface area contributed by atoms with E-state index in [0.717, 1.165) is 37.6 Å². The van der Waals surface area contributed by atoms with Crippen molar-refractivity contribution >= 4 is 0 Å². The highest BCUT2D eigenvalue weighted by atomic mass is 15.5. The first-order valence-corrected chi connectivity index (χ1v) is 6.13. The van der Waals surface area contributed by atoms with E-state index in [0.29, 0.717) is 0 Å². The van der Waals surface area contributed by atoms with Crippen LogP contribution >= 0.6 is 0 Å². The Labute approximate surface area is 105 Å². The molecule has 6 heteroatoms. The molecule has 1 aromatic carbocycles. The fraction of sp³-hybridized carbons (Fsp3) is 0.417. The Morgan fingerprint density at radius 1 is 1.28 bits per heavy atom. The summed E-state index contributed by atoms with van der Waals surface area (Å²) in [5, 5.41) is 11.9. The molecular formula is C12H16N6. The minimum Gasteiger partial charge on any atom is -0.326 e. The van der Waals surface area contributed by atoms with Crippen molar-refractivity contribution in [1.82, 2.24) is 25.1 Å². The van der Waals surface area contributed by atoms with Crippen LogP contribution in [0.2, 0.25) is 0 Å². The highest BCUT2D eigenvalue weighted by molar-refractivity contribution is 5.30. The molecule has 18 heavy (non-hydrogen) atoms. The monoisotopic (exact) mass is 244 g/mol. The fourth-order valence-electron chi connectivity index (χ4n) is 2.28. The third-order valence-corrected chi connectivity index (χ3v) is 3.21. The lowest BCUT2D eigenvalue weighted by Gasteiger charge is -2.14. The van der Waals surface area contributed by atoms with Gasteiger partial charge in [-0.25, -0.2) is 0 Å². The lowest BCUT2D eigenvalue weighted by molar-refractivity contribution is 0.315. The van der Waals surface area contributed by atoms with Crippen molar-refractivity contribution < 1.29 is 0 Å². The Morgan fingerprint density at radius 2 is 2.11 bits per heavy atom. The molecule has 2 N–H and O–H groups in total. The molecule has 0 saturated carbocycles. The van der Waals surface area contributed by atoms with Crippen LogP contribution < -0.4 is 5.73 Å². The molecule has 3 rings (SSSR count). The van der Waals surface area contributed by atoms with Crippen molar-refractivity contribution in [2.75, 3.05) is 13.1 Å². The lowest BCUT2D eigenvalue weighted by Crippen LogP contribution is -2.27. The SMILES string of the molecule is N[C@H]1CCN(Cc2nnnn2-c2ccccc2)C1. The molecule has 1 fully saturated rings. The van der Waals surface area contributed by atoms with Crippen LogP contribution in [0.1, 0.15) is 12.2 Å². The van der Waals surface area contributed by atoms with E-state index < -0.39 is 0 Å². The maximum Gasteiger partial charge on any atom is 0.170 e.